The van der Waals surface area contributed by atoms with Crippen LogP contribution in [-0.2, 0) is 9.84 Å². The molecule has 2 aliphatic heterocycles. The van der Waals surface area contributed by atoms with Crippen molar-refractivity contribution in [1.29, 1.82) is 0 Å². The zero-order valence-electron chi connectivity index (χ0n) is 22.2. The quantitative estimate of drug-likeness (QED) is 0.323. The summed E-state index contributed by atoms with van der Waals surface area (Å²) in [6.07, 6.45) is 8.78. The van der Waals surface area contributed by atoms with Gasteiger partial charge in [0.1, 0.15) is 16.4 Å². The first-order chi connectivity index (χ1) is 19.8. The molecule has 5 aromatic rings. The van der Waals surface area contributed by atoms with Gasteiger partial charge in [-0.05, 0) is 31.7 Å². The van der Waals surface area contributed by atoms with Gasteiger partial charge >= 0.3 is 0 Å². The molecule has 7 rings (SSSR count). The van der Waals surface area contributed by atoms with Gasteiger partial charge in [0.25, 0.3) is 5.91 Å². The lowest BCUT2D eigenvalue weighted by atomic mass is 9.87. The number of hydrogen-bond acceptors (Lipinski definition) is 9. The molecule has 13 heteroatoms. The number of pyridine rings is 1. The van der Waals surface area contributed by atoms with Crippen LogP contribution in [0.15, 0.2) is 66.0 Å². The summed E-state index contributed by atoms with van der Waals surface area (Å²) in [5.74, 6) is -0.312. The van der Waals surface area contributed by atoms with Crippen molar-refractivity contribution >= 4 is 27.2 Å². The second kappa shape index (κ2) is 9.47. The third-order valence-corrected chi connectivity index (χ3v) is 9.34. The van der Waals surface area contributed by atoms with Crippen LogP contribution in [-0.4, -0.2) is 72.6 Å². The summed E-state index contributed by atoms with van der Waals surface area (Å²) in [4.78, 5) is 24.6. The summed E-state index contributed by atoms with van der Waals surface area (Å²) < 4.78 is 27.5. The number of aromatic amines is 1. The number of H-pyrrole nitrogens is 1. The Morgan fingerprint density at radius 3 is 2.39 bits per heavy atom. The molecule has 4 aromatic heterocycles. The Kier molecular flexibility index (Phi) is 5.85. The van der Waals surface area contributed by atoms with E-state index in [1.165, 1.54) is 10.7 Å². The lowest BCUT2D eigenvalue weighted by molar-refractivity contribution is 0.0562. The van der Waals surface area contributed by atoms with E-state index in [-0.39, 0.29) is 34.6 Å². The van der Waals surface area contributed by atoms with Gasteiger partial charge < -0.3 is 10.6 Å². The number of rotatable bonds is 5. The Morgan fingerprint density at radius 2 is 1.76 bits per heavy atom. The van der Waals surface area contributed by atoms with Crippen LogP contribution in [0.3, 0.4) is 0 Å². The highest BCUT2D eigenvalue weighted by Crippen LogP contribution is 2.45. The molecule has 3 atom stereocenters. The first-order valence-corrected chi connectivity index (χ1v) is 15.3. The van der Waals surface area contributed by atoms with Crippen molar-refractivity contribution in [1.82, 2.24) is 39.9 Å². The molecule has 208 valence electrons. The Hall–Kier alpha value is -4.65. The predicted molar refractivity (Wildman–Crippen MR) is 151 cm³/mol. The number of anilines is 1. The zero-order valence-corrected chi connectivity index (χ0v) is 23.0. The summed E-state index contributed by atoms with van der Waals surface area (Å²) >= 11 is 0. The molecule has 0 spiro atoms. The topological polar surface area (TPSA) is 165 Å². The maximum atomic E-state index is 13.2. The Bertz CT molecular complexity index is 1860. The van der Waals surface area contributed by atoms with Crippen molar-refractivity contribution in [2.24, 2.45) is 0 Å². The molecule has 3 N–H and O–H groups in total. The number of piperidine rings is 1. The van der Waals surface area contributed by atoms with E-state index in [0.29, 0.717) is 35.4 Å². The lowest BCUT2D eigenvalue weighted by Crippen LogP contribution is -2.46. The van der Waals surface area contributed by atoms with Gasteiger partial charge in [0, 0.05) is 47.1 Å². The Labute approximate surface area is 235 Å². The molecule has 2 bridgehead atoms. The van der Waals surface area contributed by atoms with Gasteiger partial charge in [-0.3, -0.25) is 14.9 Å². The molecule has 12 nitrogen and oxygen atoms in total. The fourth-order valence-corrected chi connectivity index (χ4v) is 7.44. The van der Waals surface area contributed by atoms with Gasteiger partial charge in [0.15, 0.2) is 15.5 Å². The molecular weight excluding hydrogens is 542 g/mol. The normalized spacial score (nSPS) is 20.5. The van der Waals surface area contributed by atoms with Crippen molar-refractivity contribution < 1.29 is 13.2 Å². The number of nitrogens with one attached hydrogen (secondary N) is 1. The Balaban J connectivity index is 1.29. The highest BCUT2D eigenvalue weighted by molar-refractivity contribution is 7.91. The maximum absolute atomic E-state index is 13.2. The number of carbonyl (C=O) groups is 1. The fraction of sp³-hybridized carbons (Fsp3) is 0.286. The van der Waals surface area contributed by atoms with Crippen molar-refractivity contribution in [2.45, 2.75) is 48.6 Å². The first kappa shape index (κ1) is 25.3. The number of nitrogens with zero attached hydrogens (tertiary/aromatic N) is 7. The second-order valence-corrected chi connectivity index (χ2v) is 12.7. The highest BCUT2D eigenvalue weighted by atomic mass is 32.2. The van der Waals surface area contributed by atoms with Crippen molar-refractivity contribution in [2.75, 3.05) is 12.0 Å². The van der Waals surface area contributed by atoms with Crippen LogP contribution >= 0.6 is 0 Å². The second-order valence-electron chi connectivity index (χ2n) is 10.7. The summed E-state index contributed by atoms with van der Waals surface area (Å²) in [5, 5.41) is 14.5. The predicted octanol–water partition coefficient (Wildman–Crippen LogP) is 3.11. The number of nitrogen functional groups attached to an aromatic ring is 1. The molecule has 2 aliphatic rings. The number of fused-ring (bicyclic) bond motifs is 3. The van der Waals surface area contributed by atoms with Crippen molar-refractivity contribution in [3.05, 3.63) is 72.4 Å². The van der Waals surface area contributed by atoms with Crippen molar-refractivity contribution in [3.8, 4) is 22.4 Å². The molecule has 2 fully saturated rings. The van der Waals surface area contributed by atoms with Crippen LogP contribution in [0.25, 0.3) is 28.0 Å². The minimum absolute atomic E-state index is 0.000792. The number of hydrogen-bond donors (Lipinski definition) is 2. The third-order valence-electron chi connectivity index (χ3n) is 8.18. The van der Waals surface area contributed by atoms with E-state index in [9.17, 15) is 13.2 Å². The minimum atomic E-state index is -3.74. The molecule has 0 saturated carbocycles. The van der Waals surface area contributed by atoms with Crippen LogP contribution in [0.2, 0.25) is 0 Å². The molecule has 0 aliphatic carbocycles. The number of nitrogens with two attached hydrogens (primary N) is 1. The van der Waals surface area contributed by atoms with Gasteiger partial charge in [-0.15, -0.1) is 5.10 Å². The fourth-order valence-electron chi connectivity index (χ4n) is 6.38. The summed E-state index contributed by atoms with van der Waals surface area (Å²) in [6, 6.07) is 13.6. The van der Waals surface area contributed by atoms with Gasteiger partial charge in [0.2, 0.25) is 0 Å². The summed E-state index contributed by atoms with van der Waals surface area (Å²) in [6.45, 7) is 0. The van der Waals surface area contributed by atoms with E-state index < -0.39 is 9.84 Å². The lowest BCUT2D eigenvalue weighted by Gasteiger charge is -2.39. The average Bonchev–Trinajstić information content (AvgIpc) is 3.71. The van der Waals surface area contributed by atoms with Crippen LogP contribution < -0.4 is 5.73 Å². The standard InChI is InChI=1S/C28H27N9O3S/c1-41(39,40)25-24(18-11-19-8-9-20(12-18)36(19)28(38)23-15-31-35-34-23)33-27-21(14-32-37(27)26(25)29)17-7-10-22(30-13-17)16-5-3-2-4-6-16/h2-7,10,13-15,18-20H,8-9,11-12,29H2,1H3,(H,31,34,35)/t18-,19+,20-. The third kappa shape index (κ3) is 4.24. The first-order valence-electron chi connectivity index (χ1n) is 13.4. The number of benzene rings is 1. The molecule has 2 saturated heterocycles. The van der Waals surface area contributed by atoms with E-state index in [4.69, 9.17) is 10.7 Å². The van der Waals surface area contributed by atoms with Crippen LogP contribution in [0.5, 0.6) is 0 Å². The summed E-state index contributed by atoms with van der Waals surface area (Å²) in [5.41, 5.74) is 11.1. The van der Waals surface area contributed by atoms with Gasteiger partial charge in [-0.1, -0.05) is 41.6 Å². The highest BCUT2D eigenvalue weighted by Gasteiger charge is 2.46. The molecule has 0 unspecified atom stereocenters. The van der Waals surface area contributed by atoms with E-state index >= 15 is 0 Å². The SMILES string of the molecule is CS(=O)(=O)c1c([C@H]2C[C@H]3CC[C@@H](C2)N3C(=O)c2cnn[nH]2)nc2c(-c3ccc(-c4ccccc4)nc3)cnn2c1N. The minimum Gasteiger partial charge on any atom is -0.382 e. The molecule has 1 amide bonds. The van der Waals surface area contributed by atoms with Crippen LogP contribution in [0.4, 0.5) is 5.82 Å². The smallest absolute Gasteiger partial charge is 0.274 e. The number of amides is 1. The largest absolute Gasteiger partial charge is 0.382 e. The average molecular weight is 570 g/mol. The maximum Gasteiger partial charge on any atom is 0.274 e. The van der Waals surface area contributed by atoms with Crippen LogP contribution in [0, 0.1) is 0 Å². The van der Waals surface area contributed by atoms with Crippen molar-refractivity contribution in [3.63, 3.8) is 0 Å². The zero-order chi connectivity index (χ0) is 28.3. The van der Waals surface area contributed by atoms with Gasteiger partial charge in [-0.2, -0.15) is 9.61 Å². The molecule has 41 heavy (non-hydrogen) atoms. The Morgan fingerprint density at radius 1 is 1.00 bits per heavy atom. The van der Waals surface area contributed by atoms with E-state index in [2.05, 4.69) is 25.5 Å². The molecule has 6 heterocycles. The van der Waals surface area contributed by atoms with E-state index in [1.54, 1.807) is 12.4 Å². The van der Waals surface area contributed by atoms with Gasteiger partial charge in [0.05, 0.1) is 23.8 Å². The molecular formula is C28H27N9O3S. The summed E-state index contributed by atoms with van der Waals surface area (Å²) in [7, 11) is -3.74. The number of sulfone groups is 1. The van der Waals surface area contributed by atoms with Crippen LogP contribution in [0.1, 0.15) is 47.8 Å². The van der Waals surface area contributed by atoms with E-state index in [1.807, 2.05) is 47.4 Å². The molecule has 1 aromatic carbocycles. The monoisotopic (exact) mass is 569 g/mol. The van der Waals surface area contributed by atoms with E-state index in [0.717, 1.165) is 35.9 Å². The number of aromatic nitrogens is 7. The van der Waals surface area contributed by atoms with Gasteiger partial charge in [-0.25, -0.2) is 13.4 Å². The molecule has 0 radical (unpaired) electrons. The number of carbonyl (C=O) groups excluding carboxylic acids is 1.